The Hall–Kier alpha value is -2.16. The molecule has 0 radical (unpaired) electrons. The van der Waals surface area contributed by atoms with Crippen molar-refractivity contribution in [1.29, 1.82) is 0 Å². The van der Waals surface area contributed by atoms with Gasteiger partial charge in [0, 0.05) is 6.54 Å². The van der Waals surface area contributed by atoms with Crippen LogP contribution in [-0.2, 0) is 23.9 Å². The molecule has 9 heteroatoms. The molecule has 0 aromatic heterocycles. The fourth-order valence-corrected chi connectivity index (χ4v) is 1.46. The van der Waals surface area contributed by atoms with E-state index in [9.17, 15) is 19.2 Å². The molecule has 3 amide bonds. The van der Waals surface area contributed by atoms with Gasteiger partial charge in [-0.05, 0) is 13.5 Å². The minimum absolute atomic E-state index is 0.0707. The Labute approximate surface area is 129 Å². The monoisotopic (exact) mass is 316 g/mol. The third-order valence-electron chi connectivity index (χ3n) is 2.58. The van der Waals surface area contributed by atoms with Crippen molar-refractivity contribution in [2.24, 2.45) is 0 Å². The molecule has 22 heavy (non-hydrogen) atoms. The van der Waals surface area contributed by atoms with Gasteiger partial charge in [-0.3, -0.25) is 19.2 Å². The van der Waals surface area contributed by atoms with Gasteiger partial charge < -0.3 is 25.6 Å². The molecule has 0 aliphatic heterocycles. The van der Waals surface area contributed by atoms with Gasteiger partial charge in [-0.2, -0.15) is 0 Å². The maximum Gasteiger partial charge on any atom is 0.325 e. The van der Waals surface area contributed by atoms with Crippen molar-refractivity contribution in [3.05, 3.63) is 0 Å². The molecule has 126 valence electrons. The summed E-state index contributed by atoms with van der Waals surface area (Å²) in [5.41, 5.74) is 0. The molecule has 0 atom stereocenters. The average molecular weight is 316 g/mol. The van der Waals surface area contributed by atoms with Gasteiger partial charge in [0.2, 0.25) is 17.7 Å². The zero-order valence-electron chi connectivity index (χ0n) is 13.2. The van der Waals surface area contributed by atoms with E-state index in [1.165, 1.54) is 7.11 Å². The topological polar surface area (TPSA) is 117 Å². The van der Waals surface area contributed by atoms with E-state index >= 15 is 0 Å². The number of carbonyl (C=O) groups excluding carboxylic acids is 4. The molecule has 0 spiro atoms. The number of rotatable bonds is 10. The molecule has 0 aliphatic carbocycles. The van der Waals surface area contributed by atoms with Crippen LogP contribution >= 0.6 is 0 Å². The molecule has 0 saturated carbocycles. The summed E-state index contributed by atoms with van der Waals surface area (Å²) in [6, 6.07) is 0. The van der Waals surface area contributed by atoms with Crippen LogP contribution < -0.4 is 16.0 Å². The van der Waals surface area contributed by atoms with Crippen molar-refractivity contribution in [2.45, 2.75) is 13.3 Å². The molecule has 0 bridgehead atoms. The van der Waals surface area contributed by atoms with E-state index in [0.717, 1.165) is 11.3 Å². The third kappa shape index (κ3) is 8.90. The average Bonchev–Trinajstić information content (AvgIpc) is 2.49. The number of hydrogen-bond acceptors (Lipinski definition) is 6. The molecule has 0 heterocycles. The molecule has 0 aromatic carbocycles. The van der Waals surface area contributed by atoms with Crippen LogP contribution in [0.15, 0.2) is 0 Å². The van der Waals surface area contributed by atoms with Crippen molar-refractivity contribution in [1.82, 2.24) is 20.9 Å². The molecule has 0 fully saturated rings. The summed E-state index contributed by atoms with van der Waals surface area (Å²) in [4.78, 5) is 47.3. The molecular weight excluding hydrogens is 292 g/mol. The fraction of sp³-hybridized carbons (Fsp3) is 0.692. The van der Waals surface area contributed by atoms with Gasteiger partial charge in [-0.1, -0.05) is 6.92 Å². The van der Waals surface area contributed by atoms with Gasteiger partial charge in [0.05, 0.1) is 20.2 Å². The summed E-state index contributed by atoms with van der Waals surface area (Å²) < 4.78 is 4.50. The first kappa shape index (κ1) is 19.8. The highest BCUT2D eigenvalue weighted by Gasteiger charge is 2.20. The molecular formula is C13H24N4O5. The van der Waals surface area contributed by atoms with Crippen molar-refractivity contribution >= 4 is 23.7 Å². The Kier molecular flexibility index (Phi) is 10.4. The molecule has 0 rings (SSSR count). The molecule has 0 aliphatic rings. The largest absolute Gasteiger partial charge is 0.468 e. The third-order valence-corrected chi connectivity index (χ3v) is 2.58. The Bertz CT molecular complexity index is 400. The number of esters is 1. The van der Waals surface area contributed by atoms with Crippen LogP contribution in [0.1, 0.15) is 13.3 Å². The molecule has 0 aromatic rings. The maximum atomic E-state index is 12.0. The number of hydrogen-bond donors (Lipinski definition) is 3. The lowest BCUT2D eigenvalue weighted by molar-refractivity contribution is -0.147. The summed E-state index contributed by atoms with van der Waals surface area (Å²) >= 11 is 0. The van der Waals surface area contributed by atoms with E-state index in [0.29, 0.717) is 6.54 Å². The molecule has 9 nitrogen and oxygen atoms in total. The second kappa shape index (κ2) is 11.5. The summed E-state index contributed by atoms with van der Waals surface area (Å²) in [6.45, 7) is 1.54. The highest BCUT2D eigenvalue weighted by atomic mass is 16.5. The minimum atomic E-state index is -0.641. The van der Waals surface area contributed by atoms with E-state index in [1.54, 1.807) is 7.05 Å². The van der Waals surface area contributed by atoms with Crippen LogP contribution in [0.2, 0.25) is 0 Å². The number of ether oxygens (including phenoxy) is 1. The Morgan fingerprint density at radius 2 is 1.68 bits per heavy atom. The first-order valence-corrected chi connectivity index (χ1v) is 6.97. The van der Waals surface area contributed by atoms with E-state index in [-0.39, 0.29) is 38.0 Å². The number of amides is 3. The smallest absolute Gasteiger partial charge is 0.325 e. The Morgan fingerprint density at radius 3 is 2.23 bits per heavy atom. The SMILES string of the molecule is CCCNC(=O)CN(CC(=O)OC)C(=O)CNC(=O)CNC. The number of nitrogens with one attached hydrogen (secondary N) is 3. The first-order valence-electron chi connectivity index (χ1n) is 6.97. The minimum Gasteiger partial charge on any atom is -0.468 e. The number of nitrogens with zero attached hydrogens (tertiary/aromatic N) is 1. The van der Waals surface area contributed by atoms with Gasteiger partial charge >= 0.3 is 5.97 Å². The highest BCUT2D eigenvalue weighted by molar-refractivity contribution is 5.90. The molecule has 0 saturated heterocycles. The Morgan fingerprint density at radius 1 is 1.00 bits per heavy atom. The zero-order chi connectivity index (χ0) is 17.0. The van der Waals surface area contributed by atoms with Crippen molar-refractivity contribution in [2.75, 3.05) is 46.9 Å². The number of methoxy groups -OCH3 is 1. The van der Waals surface area contributed by atoms with Crippen LogP contribution in [-0.4, -0.2) is 75.5 Å². The van der Waals surface area contributed by atoms with E-state index in [1.807, 2.05) is 6.92 Å². The van der Waals surface area contributed by atoms with Crippen molar-refractivity contribution in [3.63, 3.8) is 0 Å². The summed E-state index contributed by atoms with van der Waals surface area (Å²) in [5.74, 6) is -1.91. The predicted molar refractivity (Wildman–Crippen MR) is 78.8 cm³/mol. The van der Waals surface area contributed by atoms with Gasteiger partial charge in [0.15, 0.2) is 0 Å². The first-order chi connectivity index (χ1) is 10.4. The zero-order valence-corrected chi connectivity index (χ0v) is 13.2. The maximum absolute atomic E-state index is 12.0. The summed E-state index contributed by atoms with van der Waals surface area (Å²) in [6.07, 6.45) is 0.761. The van der Waals surface area contributed by atoms with Crippen molar-refractivity contribution < 1.29 is 23.9 Å². The Balaban J connectivity index is 4.55. The van der Waals surface area contributed by atoms with Crippen LogP contribution in [0, 0.1) is 0 Å². The lowest BCUT2D eigenvalue weighted by Crippen LogP contribution is -2.48. The lowest BCUT2D eigenvalue weighted by atomic mass is 10.4. The lowest BCUT2D eigenvalue weighted by Gasteiger charge is -2.21. The van der Waals surface area contributed by atoms with Gasteiger partial charge in [-0.15, -0.1) is 0 Å². The standard InChI is InChI=1S/C13H24N4O5/c1-4-5-15-11(19)8-17(9-13(21)22-3)12(20)7-16-10(18)6-14-2/h14H,4-9H2,1-3H3,(H,15,19)(H,16,18). The van der Waals surface area contributed by atoms with Crippen LogP contribution in [0.4, 0.5) is 0 Å². The van der Waals surface area contributed by atoms with Crippen LogP contribution in [0.3, 0.4) is 0 Å². The van der Waals surface area contributed by atoms with Crippen LogP contribution in [0.5, 0.6) is 0 Å². The second-order valence-corrected chi connectivity index (χ2v) is 4.48. The molecule has 3 N–H and O–H groups in total. The van der Waals surface area contributed by atoms with Gasteiger partial charge in [0.1, 0.15) is 13.1 Å². The normalized spacial score (nSPS) is 9.77. The van der Waals surface area contributed by atoms with E-state index in [4.69, 9.17) is 0 Å². The van der Waals surface area contributed by atoms with E-state index < -0.39 is 11.9 Å². The molecule has 0 unspecified atom stereocenters. The van der Waals surface area contributed by atoms with E-state index in [2.05, 4.69) is 20.7 Å². The van der Waals surface area contributed by atoms with Gasteiger partial charge in [-0.25, -0.2) is 0 Å². The van der Waals surface area contributed by atoms with Crippen LogP contribution in [0.25, 0.3) is 0 Å². The highest BCUT2D eigenvalue weighted by Crippen LogP contribution is 1.92. The number of likely N-dealkylation sites (N-methyl/N-ethyl adjacent to an activating group) is 1. The van der Waals surface area contributed by atoms with Crippen molar-refractivity contribution in [3.8, 4) is 0 Å². The summed E-state index contributed by atoms with van der Waals surface area (Å²) in [5, 5.41) is 7.65. The second-order valence-electron chi connectivity index (χ2n) is 4.48. The quantitative estimate of drug-likeness (QED) is 0.396. The number of carbonyl (C=O) groups is 4. The van der Waals surface area contributed by atoms with Gasteiger partial charge in [0.25, 0.3) is 0 Å². The summed E-state index contributed by atoms with van der Waals surface area (Å²) in [7, 11) is 2.79. The predicted octanol–water partition coefficient (Wildman–Crippen LogP) is -2.15. The fourth-order valence-electron chi connectivity index (χ4n) is 1.46.